The fourth-order valence-electron chi connectivity index (χ4n) is 3.05. The third-order valence-corrected chi connectivity index (χ3v) is 4.96. The average molecular weight is 376 g/mol. The molecular weight excluding hydrogens is 358 g/mol. The second-order valence-electron chi connectivity index (χ2n) is 6.56. The van der Waals surface area contributed by atoms with Crippen molar-refractivity contribution in [2.45, 2.75) is 25.7 Å². The second-order valence-corrected chi connectivity index (χ2v) is 6.95. The Morgan fingerprint density at radius 3 is 2.65 bits per heavy atom. The van der Waals surface area contributed by atoms with Crippen molar-refractivity contribution in [3.63, 3.8) is 0 Å². The smallest absolute Gasteiger partial charge is 0.195 e. The van der Waals surface area contributed by atoms with Crippen LogP contribution in [0.1, 0.15) is 26.0 Å². The van der Waals surface area contributed by atoms with Crippen molar-refractivity contribution in [1.82, 2.24) is 9.55 Å². The largest absolute Gasteiger partial charge is 0.494 e. The van der Waals surface area contributed by atoms with E-state index in [2.05, 4.69) is 4.98 Å². The number of ether oxygens (including phenoxy) is 1. The molecule has 1 aromatic heterocycles. The quantitative estimate of drug-likeness (QED) is 0.786. The highest BCUT2D eigenvalue weighted by Gasteiger charge is 2.33. The van der Waals surface area contributed by atoms with Gasteiger partial charge in [0.05, 0.1) is 18.5 Å². The molecule has 0 spiro atoms. The van der Waals surface area contributed by atoms with E-state index >= 15 is 0 Å². The molecule has 1 aliphatic carbocycles. The molecule has 0 bridgehead atoms. The maximum absolute atomic E-state index is 13.8. The maximum atomic E-state index is 13.8. The Labute approximate surface area is 154 Å². The van der Waals surface area contributed by atoms with Gasteiger partial charge in [0.15, 0.2) is 27.9 Å². The normalized spacial score (nSPS) is 14.9. The zero-order valence-corrected chi connectivity index (χ0v) is 15.4. The summed E-state index contributed by atoms with van der Waals surface area (Å²) in [6.07, 6.45) is 4.57. The topological polar surface area (TPSA) is 47.0 Å². The number of ketones is 1. The third kappa shape index (κ3) is 3.03. The Morgan fingerprint density at radius 1 is 1.27 bits per heavy atom. The number of hydrogen-bond acceptors (Lipinski definition) is 3. The summed E-state index contributed by atoms with van der Waals surface area (Å²) in [7, 11) is 1.39. The molecule has 4 nitrogen and oxygen atoms in total. The van der Waals surface area contributed by atoms with Gasteiger partial charge in [-0.3, -0.25) is 9.36 Å². The molecule has 1 heterocycles. The first kappa shape index (κ1) is 18.3. The number of carbonyl (C=O) groups is 1. The van der Waals surface area contributed by atoms with Gasteiger partial charge in [-0.15, -0.1) is 0 Å². The van der Waals surface area contributed by atoms with Crippen molar-refractivity contribution in [3.05, 3.63) is 64.2 Å². The molecule has 1 N–H and O–H groups in total. The van der Waals surface area contributed by atoms with E-state index in [0.29, 0.717) is 10.5 Å². The van der Waals surface area contributed by atoms with Crippen molar-refractivity contribution in [2.24, 2.45) is 0 Å². The Morgan fingerprint density at radius 2 is 2.00 bits per heavy atom. The number of allylic oxidation sites excluding steroid dienone is 4. The number of imidazole rings is 1. The number of nitrogens with one attached hydrogen (secondary N) is 1. The number of rotatable bonds is 4. The molecule has 0 amide bonds. The van der Waals surface area contributed by atoms with Crippen LogP contribution in [0, 0.1) is 10.6 Å². The van der Waals surface area contributed by atoms with Gasteiger partial charge < -0.3 is 9.72 Å². The maximum Gasteiger partial charge on any atom is 0.195 e. The summed E-state index contributed by atoms with van der Waals surface area (Å²) >= 11 is 5.39. The minimum absolute atomic E-state index is 0.0000141. The molecule has 1 aliphatic rings. The first-order chi connectivity index (χ1) is 12.3. The number of halogens is 2. The zero-order valence-electron chi connectivity index (χ0n) is 14.6. The number of Topliss-reactive ketones (excluding diaryl/α,β-unsaturated/α-hetero) is 1. The lowest BCUT2D eigenvalue weighted by Gasteiger charge is -2.30. The zero-order chi connectivity index (χ0) is 19.1. The first-order valence-corrected chi connectivity index (χ1v) is 8.41. The summed E-state index contributed by atoms with van der Waals surface area (Å²) in [6, 6.07) is 4.46. The average Bonchev–Trinajstić information content (AvgIpc) is 3.00. The lowest BCUT2D eigenvalue weighted by molar-refractivity contribution is -0.116. The highest BCUT2D eigenvalue weighted by atomic mass is 32.1. The SMILES string of the molecule is COc1cc(-n2c(C(C)(C)C3=CC=C(F)C(=O)C3)c[nH]c2=S)ccc1F. The van der Waals surface area contributed by atoms with Gasteiger partial charge in [-0.25, -0.2) is 8.78 Å². The van der Waals surface area contributed by atoms with Crippen LogP contribution in [-0.2, 0) is 10.2 Å². The molecule has 1 aromatic carbocycles. The molecular formula is C19H18F2N2O2S. The highest BCUT2D eigenvalue weighted by molar-refractivity contribution is 7.71. The molecule has 2 aromatic rings. The predicted molar refractivity (Wildman–Crippen MR) is 97.4 cm³/mol. The number of carbonyl (C=O) groups excluding carboxylic acids is 1. The summed E-state index contributed by atoms with van der Waals surface area (Å²) < 4.78 is 34.4. The van der Waals surface area contributed by atoms with Crippen molar-refractivity contribution in [3.8, 4) is 11.4 Å². The molecule has 3 rings (SSSR count). The van der Waals surface area contributed by atoms with Crippen LogP contribution in [0.3, 0.4) is 0 Å². The number of methoxy groups -OCH3 is 1. The van der Waals surface area contributed by atoms with Crippen LogP contribution < -0.4 is 4.74 Å². The Hall–Kier alpha value is -2.54. The number of hydrogen-bond donors (Lipinski definition) is 1. The van der Waals surface area contributed by atoms with Gasteiger partial charge in [-0.2, -0.15) is 0 Å². The monoisotopic (exact) mass is 376 g/mol. The molecule has 136 valence electrons. The van der Waals surface area contributed by atoms with Crippen LogP contribution in [0.15, 0.2) is 47.9 Å². The van der Waals surface area contributed by atoms with Crippen LogP contribution in [0.5, 0.6) is 5.75 Å². The molecule has 0 fully saturated rings. The van der Waals surface area contributed by atoms with Crippen LogP contribution in [0.2, 0.25) is 0 Å². The van der Waals surface area contributed by atoms with E-state index in [1.165, 1.54) is 19.3 Å². The lowest BCUT2D eigenvalue weighted by Crippen LogP contribution is -2.26. The summed E-state index contributed by atoms with van der Waals surface area (Å²) in [5, 5.41) is 0. The van der Waals surface area contributed by atoms with Crippen LogP contribution in [0.4, 0.5) is 8.78 Å². The Bertz CT molecular complexity index is 999. The first-order valence-electron chi connectivity index (χ1n) is 8.00. The van der Waals surface area contributed by atoms with Crippen LogP contribution >= 0.6 is 12.2 Å². The number of aromatic nitrogens is 2. The van der Waals surface area contributed by atoms with E-state index in [1.54, 1.807) is 29.0 Å². The van der Waals surface area contributed by atoms with Gasteiger partial charge in [0.2, 0.25) is 0 Å². The molecule has 0 atom stereocenters. The summed E-state index contributed by atoms with van der Waals surface area (Å²) in [6.45, 7) is 3.86. The van der Waals surface area contributed by atoms with Crippen LogP contribution in [0.25, 0.3) is 5.69 Å². The highest BCUT2D eigenvalue weighted by Crippen LogP contribution is 2.37. The number of aromatic amines is 1. The van der Waals surface area contributed by atoms with E-state index in [4.69, 9.17) is 17.0 Å². The second kappa shape index (κ2) is 6.64. The van der Waals surface area contributed by atoms with Gasteiger partial charge in [-0.05, 0) is 30.4 Å². The van der Waals surface area contributed by atoms with E-state index in [1.807, 2.05) is 13.8 Å². The Kier molecular flexibility index (Phi) is 4.66. The molecule has 0 aliphatic heterocycles. The van der Waals surface area contributed by atoms with E-state index < -0.39 is 22.8 Å². The molecule has 7 heteroatoms. The van der Waals surface area contributed by atoms with Crippen molar-refractivity contribution in [2.75, 3.05) is 7.11 Å². The molecule has 0 radical (unpaired) electrons. The summed E-state index contributed by atoms with van der Waals surface area (Å²) in [5.41, 5.74) is 1.55. The fraction of sp³-hybridized carbons (Fsp3) is 0.263. The third-order valence-electron chi connectivity index (χ3n) is 4.66. The standard InChI is InChI=1S/C19H18F2N2O2S/c1-19(2,11-4-6-13(20)15(24)8-11)17-10-22-18(26)23(17)12-5-7-14(21)16(9-12)25-3/h4-7,9-10H,8H2,1-3H3,(H,22,26). The van der Waals surface area contributed by atoms with Gasteiger partial charge in [0, 0.05) is 24.1 Å². The summed E-state index contributed by atoms with van der Waals surface area (Å²) in [5.74, 6) is -1.65. The lowest BCUT2D eigenvalue weighted by atomic mass is 9.77. The van der Waals surface area contributed by atoms with Crippen molar-refractivity contribution < 1.29 is 18.3 Å². The van der Waals surface area contributed by atoms with Gasteiger partial charge in [0.25, 0.3) is 0 Å². The van der Waals surface area contributed by atoms with E-state index in [-0.39, 0.29) is 12.2 Å². The van der Waals surface area contributed by atoms with Gasteiger partial charge in [-0.1, -0.05) is 25.5 Å². The van der Waals surface area contributed by atoms with E-state index in [0.717, 1.165) is 11.3 Å². The van der Waals surface area contributed by atoms with E-state index in [9.17, 15) is 13.6 Å². The summed E-state index contributed by atoms with van der Waals surface area (Å²) in [4.78, 5) is 14.8. The van der Waals surface area contributed by atoms with Crippen LogP contribution in [-0.4, -0.2) is 22.4 Å². The number of benzene rings is 1. The van der Waals surface area contributed by atoms with Crippen molar-refractivity contribution in [1.29, 1.82) is 0 Å². The van der Waals surface area contributed by atoms with Crippen molar-refractivity contribution >= 4 is 18.0 Å². The van der Waals surface area contributed by atoms with Gasteiger partial charge in [0.1, 0.15) is 0 Å². The minimum Gasteiger partial charge on any atom is -0.494 e. The molecule has 0 saturated carbocycles. The van der Waals surface area contributed by atoms with Gasteiger partial charge >= 0.3 is 0 Å². The molecule has 0 unspecified atom stereocenters. The predicted octanol–water partition coefficient (Wildman–Crippen LogP) is 4.71. The molecule has 0 saturated heterocycles. The minimum atomic E-state index is -0.737. The number of H-pyrrole nitrogens is 1. The number of nitrogens with zero attached hydrogens (tertiary/aromatic N) is 1. The fourth-order valence-corrected chi connectivity index (χ4v) is 3.31. The Balaban J connectivity index is 2.14. The molecule has 26 heavy (non-hydrogen) atoms.